The van der Waals surface area contributed by atoms with Crippen LogP contribution in [0.25, 0.3) is 0 Å². The third kappa shape index (κ3) is 6.97. The van der Waals surface area contributed by atoms with Gasteiger partial charge in [-0.1, -0.05) is 48.4 Å². The van der Waals surface area contributed by atoms with Gasteiger partial charge < -0.3 is 15.5 Å². The van der Waals surface area contributed by atoms with Crippen molar-refractivity contribution >= 4 is 12.2 Å². The van der Waals surface area contributed by atoms with Crippen molar-refractivity contribution in [1.82, 2.24) is 30.7 Å². The molecule has 1 aliphatic carbocycles. The van der Waals surface area contributed by atoms with E-state index < -0.39 is 5.41 Å². The summed E-state index contributed by atoms with van der Waals surface area (Å²) in [5, 5.41) is 23.9. The average molecular weight is 584 g/mol. The molecule has 1 fully saturated rings. The lowest BCUT2D eigenvalue weighted by Crippen LogP contribution is -2.42. The molecule has 228 valence electrons. The molecular weight excluding hydrogens is 538 g/mol. The summed E-state index contributed by atoms with van der Waals surface area (Å²) in [5.74, 6) is 1.49. The number of aromatic nitrogens is 3. The first kappa shape index (κ1) is 31.9. The molecule has 0 bridgehead atoms. The summed E-state index contributed by atoms with van der Waals surface area (Å²) in [7, 11) is 1.89. The van der Waals surface area contributed by atoms with Crippen LogP contribution in [0, 0.1) is 11.3 Å². The van der Waals surface area contributed by atoms with Crippen molar-refractivity contribution in [3.63, 3.8) is 0 Å². The Labute approximate surface area is 255 Å². The second-order valence-electron chi connectivity index (χ2n) is 11.7. The Morgan fingerprint density at radius 3 is 2.86 bits per heavy atom. The van der Waals surface area contributed by atoms with Gasteiger partial charge in [0, 0.05) is 37.7 Å². The van der Waals surface area contributed by atoms with Gasteiger partial charge in [-0.15, -0.1) is 0 Å². The number of amides is 1. The molecule has 1 amide bonds. The molecule has 2 heterocycles. The van der Waals surface area contributed by atoms with Crippen molar-refractivity contribution in [3.05, 3.63) is 81.6 Å². The number of allylic oxidation sites excluding steroid dienone is 4. The Kier molecular flexibility index (Phi) is 10.7. The molecule has 1 saturated heterocycles. The Bertz CT molecular complexity index is 1450. The van der Waals surface area contributed by atoms with E-state index in [9.17, 15) is 14.9 Å². The number of aryl methyl sites for hydroxylation is 2. The smallest absolute Gasteiger partial charge is 0.237 e. The number of likely N-dealkylation sites (tertiary alicyclic amines) is 1. The lowest BCUT2D eigenvalue weighted by molar-refractivity contribution is -0.130. The van der Waals surface area contributed by atoms with Crippen LogP contribution < -0.4 is 10.6 Å². The number of fused-ring (bicyclic) bond motifs is 1. The van der Waals surface area contributed by atoms with Crippen LogP contribution in [0.2, 0.25) is 0 Å². The number of nitrogens with zero attached hydrogens (tertiary/aromatic N) is 4. The molecule has 0 radical (unpaired) electrons. The maximum Gasteiger partial charge on any atom is 0.237 e. The van der Waals surface area contributed by atoms with Crippen LogP contribution in [0.5, 0.6) is 0 Å². The molecule has 9 nitrogen and oxygen atoms in total. The zero-order valence-electron chi connectivity index (χ0n) is 26.1. The molecule has 4 rings (SSSR count). The molecule has 0 saturated carbocycles. The van der Waals surface area contributed by atoms with Crippen LogP contribution in [0.3, 0.4) is 0 Å². The molecule has 2 atom stereocenters. The Hall–Kier alpha value is -4.03. The normalized spacial score (nSPS) is 20.4. The lowest BCUT2D eigenvalue weighted by atomic mass is 9.69. The van der Waals surface area contributed by atoms with E-state index >= 15 is 0 Å². The van der Waals surface area contributed by atoms with Gasteiger partial charge in [0.15, 0.2) is 5.82 Å². The molecule has 1 aliphatic heterocycles. The highest BCUT2D eigenvalue weighted by molar-refractivity contribution is 5.79. The SMILES string of the molecule is C=C(C/C(C)=C/CC1=C(C)C(CCNCC(=O)N2CCCC2C#N)(c2n[nH]c(CC)n2)c2ccc(C=O)cc2CC1)NC. The summed E-state index contributed by atoms with van der Waals surface area (Å²) in [6.45, 7) is 11.8. The minimum absolute atomic E-state index is 0.0436. The van der Waals surface area contributed by atoms with Gasteiger partial charge in [0.25, 0.3) is 0 Å². The van der Waals surface area contributed by atoms with Crippen molar-refractivity contribution in [2.45, 2.75) is 83.6 Å². The molecule has 43 heavy (non-hydrogen) atoms. The summed E-state index contributed by atoms with van der Waals surface area (Å²) < 4.78 is 0. The zero-order valence-corrected chi connectivity index (χ0v) is 26.1. The van der Waals surface area contributed by atoms with Crippen molar-refractivity contribution in [2.75, 3.05) is 26.7 Å². The van der Waals surface area contributed by atoms with Crippen LogP contribution in [0.4, 0.5) is 0 Å². The van der Waals surface area contributed by atoms with Gasteiger partial charge in [-0.2, -0.15) is 10.4 Å². The quantitative estimate of drug-likeness (QED) is 0.178. The maximum absolute atomic E-state index is 13.0. The predicted molar refractivity (Wildman–Crippen MR) is 168 cm³/mol. The molecule has 2 unspecified atom stereocenters. The highest BCUT2D eigenvalue weighted by Gasteiger charge is 2.43. The van der Waals surface area contributed by atoms with Crippen LogP contribution in [0.15, 0.2) is 53.3 Å². The third-order valence-corrected chi connectivity index (χ3v) is 9.06. The second-order valence-corrected chi connectivity index (χ2v) is 11.7. The van der Waals surface area contributed by atoms with E-state index in [2.05, 4.69) is 61.3 Å². The standard InChI is InChI=1S/C34H45N7O2/c1-6-31-38-33(40-39-31)34(15-16-37-21-32(43)41-17-7-8-29(41)20-35)25(4)27(11-9-23(2)18-24(3)36-5)12-13-28-19-26(22-42)10-14-30(28)34/h9-10,14,19,22,29,36-37H,3,6-8,11-13,15-18,21H2,1-2,4-5H3,(H,38,39,40)/b23-9+. The summed E-state index contributed by atoms with van der Waals surface area (Å²) in [5.41, 5.74) is 6.99. The number of nitriles is 1. The van der Waals surface area contributed by atoms with E-state index in [4.69, 9.17) is 10.1 Å². The van der Waals surface area contributed by atoms with Gasteiger partial charge in [-0.05, 0) is 76.1 Å². The Morgan fingerprint density at radius 1 is 1.35 bits per heavy atom. The maximum atomic E-state index is 13.0. The van der Waals surface area contributed by atoms with E-state index in [0.29, 0.717) is 30.9 Å². The monoisotopic (exact) mass is 583 g/mol. The second kappa shape index (κ2) is 14.4. The number of H-pyrrole nitrogens is 1. The number of nitrogens with one attached hydrogen (secondary N) is 3. The van der Waals surface area contributed by atoms with Gasteiger partial charge in [0.1, 0.15) is 18.2 Å². The van der Waals surface area contributed by atoms with Crippen LogP contribution >= 0.6 is 0 Å². The fraction of sp³-hybridized carbons (Fsp3) is 0.500. The molecule has 1 aromatic carbocycles. The van der Waals surface area contributed by atoms with E-state index in [1.165, 1.54) is 16.7 Å². The van der Waals surface area contributed by atoms with Gasteiger partial charge >= 0.3 is 0 Å². The topological polar surface area (TPSA) is 127 Å². The van der Waals surface area contributed by atoms with Crippen LogP contribution in [-0.4, -0.2) is 65.0 Å². The minimum Gasteiger partial charge on any atom is -0.392 e. The molecule has 2 aromatic rings. The summed E-state index contributed by atoms with van der Waals surface area (Å²) in [4.78, 5) is 31.4. The van der Waals surface area contributed by atoms with E-state index in [1.54, 1.807) is 4.90 Å². The zero-order chi connectivity index (χ0) is 31.0. The number of hydrogen-bond donors (Lipinski definition) is 3. The van der Waals surface area contributed by atoms with Gasteiger partial charge in [-0.25, -0.2) is 4.98 Å². The number of carbonyl (C=O) groups is 2. The molecule has 2 aliphatic rings. The first-order valence-corrected chi connectivity index (χ1v) is 15.4. The van der Waals surface area contributed by atoms with Crippen LogP contribution in [0.1, 0.15) is 92.4 Å². The van der Waals surface area contributed by atoms with Crippen molar-refractivity contribution < 1.29 is 9.59 Å². The van der Waals surface area contributed by atoms with Crippen molar-refractivity contribution in [1.29, 1.82) is 5.26 Å². The number of aldehydes is 1. The summed E-state index contributed by atoms with van der Waals surface area (Å²) in [6.07, 6.45) is 9.40. The lowest BCUT2D eigenvalue weighted by Gasteiger charge is -2.35. The Balaban J connectivity index is 1.73. The molecule has 0 spiro atoms. The Morgan fingerprint density at radius 2 is 2.16 bits per heavy atom. The fourth-order valence-corrected chi connectivity index (χ4v) is 6.48. The highest BCUT2D eigenvalue weighted by atomic mass is 16.2. The summed E-state index contributed by atoms with van der Waals surface area (Å²) in [6, 6.07) is 7.87. The minimum atomic E-state index is -0.651. The molecular formula is C34H45N7O2. The van der Waals surface area contributed by atoms with E-state index in [1.807, 2.05) is 19.2 Å². The van der Waals surface area contributed by atoms with Crippen LogP contribution in [-0.2, 0) is 23.1 Å². The first-order valence-electron chi connectivity index (χ1n) is 15.4. The van der Waals surface area contributed by atoms with Crippen molar-refractivity contribution in [2.24, 2.45) is 0 Å². The van der Waals surface area contributed by atoms with Gasteiger partial charge in [0.05, 0.1) is 18.0 Å². The van der Waals surface area contributed by atoms with Gasteiger partial charge in [0.2, 0.25) is 5.91 Å². The predicted octanol–water partition coefficient (Wildman–Crippen LogP) is 4.68. The fourth-order valence-electron chi connectivity index (χ4n) is 6.48. The highest BCUT2D eigenvalue weighted by Crippen LogP contribution is 2.47. The largest absolute Gasteiger partial charge is 0.392 e. The third-order valence-electron chi connectivity index (χ3n) is 9.06. The number of carbonyl (C=O) groups excluding carboxylic acids is 2. The van der Waals surface area contributed by atoms with Crippen molar-refractivity contribution in [3.8, 4) is 6.07 Å². The molecule has 3 N–H and O–H groups in total. The van der Waals surface area contributed by atoms with Gasteiger partial charge in [-0.3, -0.25) is 14.7 Å². The van der Waals surface area contributed by atoms with E-state index in [0.717, 1.165) is 73.9 Å². The number of hydrogen-bond acceptors (Lipinski definition) is 7. The molecule has 9 heteroatoms. The summed E-state index contributed by atoms with van der Waals surface area (Å²) >= 11 is 0. The number of aromatic amines is 1. The number of benzene rings is 1. The molecule has 1 aromatic heterocycles. The van der Waals surface area contributed by atoms with E-state index in [-0.39, 0.29) is 18.5 Å². The number of rotatable bonds is 13. The average Bonchev–Trinajstić information content (AvgIpc) is 3.69. The first-order chi connectivity index (χ1) is 20.8.